The summed E-state index contributed by atoms with van der Waals surface area (Å²) < 4.78 is 34.8. The van der Waals surface area contributed by atoms with Crippen molar-refractivity contribution in [3.63, 3.8) is 0 Å². The van der Waals surface area contributed by atoms with Crippen molar-refractivity contribution < 1.29 is 42.1 Å². The number of unbranched alkanes of at least 4 members (excludes halogenated alkanes) is 55. The van der Waals surface area contributed by atoms with Crippen LogP contribution in [-0.4, -0.2) is 74.9 Å². The van der Waals surface area contributed by atoms with Gasteiger partial charge in [-0.3, -0.25) is 18.6 Å². The number of hydrogen-bond acceptors (Lipinski definition) is 7. The Balaban J connectivity index is 3.87. The molecule has 0 aliphatic carbocycles. The minimum absolute atomic E-state index is 0.0327. The average Bonchev–Trinajstić information content (AvgIpc) is 3.58. The van der Waals surface area contributed by atoms with Crippen LogP contribution in [0.4, 0.5) is 0 Å². The maximum Gasteiger partial charge on any atom is 0.472 e. The van der Waals surface area contributed by atoms with Crippen molar-refractivity contribution >= 4 is 19.8 Å². The van der Waals surface area contributed by atoms with E-state index >= 15 is 0 Å². The van der Waals surface area contributed by atoms with Crippen LogP contribution in [0, 0.1) is 0 Å². The molecule has 0 saturated heterocycles. The summed E-state index contributed by atoms with van der Waals surface area (Å²) in [4.78, 5) is 35.9. The smallest absolute Gasteiger partial charge is 0.462 e. The Bertz CT molecular complexity index is 1610. The van der Waals surface area contributed by atoms with Crippen LogP contribution in [-0.2, 0) is 32.7 Å². The number of phosphoric acid groups is 1. The van der Waals surface area contributed by atoms with Crippen molar-refractivity contribution in [1.82, 2.24) is 0 Å². The molecule has 0 aromatic heterocycles. The van der Waals surface area contributed by atoms with E-state index in [9.17, 15) is 19.0 Å². The molecule has 0 fully saturated rings. The van der Waals surface area contributed by atoms with E-state index in [-0.39, 0.29) is 25.6 Å². The lowest BCUT2D eigenvalue weighted by atomic mass is 10.0. The second-order valence-electron chi connectivity index (χ2n) is 28.5. The van der Waals surface area contributed by atoms with Crippen LogP contribution in [0.15, 0.2) is 36.5 Å². The van der Waals surface area contributed by atoms with Crippen molar-refractivity contribution in [2.75, 3.05) is 47.5 Å². The van der Waals surface area contributed by atoms with Gasteiger partial charge in [-0.15, -0.1) is 0 Å². The third kappa shape index (κ3) is 75.3. The standard InChI is InChI=1S/C80H154NO8P/c1-6-8-10-12-14-16-18-20-22-24-26-28-30-32-33-34-35-36-37-38-39-40-41-42-43-44-45-46-47-49-50-52-54-56-58-60-62-64-66-68-70-72-79(82)86-76-78(77-88-90(84,85)87-75-74-81(3,4)5)89-80(83)73-71-69-67-65-63-61-59-57-55-53-51-48-31-29-27-25-23-21-19-17-15-13-11-9-7-2/h19,21,25,27,31,48,78H,6-18,20,22-24,26,28-30,32-47,49-77H2,1-5H3/p+1/b21-19-,27-25-,48-31-. The predicted octanol–water partition coefficient (Wildman–Crippen LogP) is 26.2. The summed E-state index contributed by atoms with van der Waals surface area (Å²) in [7, 11) is 1.49. The Labute approximate surface area is 561 Å². The monoisotopic (exact) mass is 1290 g/mol. The average molecular weight is 1290 g/mol. The number of esters is 2. The van der Waals surface area contributed by atoms with Gasteiger partial charge in [-0.05, 0) is 51.4 Å². The molecular weight excluding hydrogens is 1130 g/mol. The van der Waals surface area contributed by atoms with E-state index in [1.807, 2.05) is 21.1 Å². The number of carbonyl (C=O) groups is 2. The van der Waals surface area contributed by atoms with E-state index in [4.69, 9.17) is 18.5 Å². The lowest BCUT2D eigenvalue weighted by Gasteiger charge is -2.24. The second-order valence-corrected chi connectivity index (χ2v) is 29.9. The Morgan fingerprint density at radius 1 is 0.344 bits per heavy atom. The fraction of sp³-hybridized carbons (Fsp3) is 0.900. The highest BCUT2D eigenvalue weighted by Crippen LogP contribution is 2.43. The first-order valence-electron chi connectivity index (χ1n) is 39.7. The molecule has 1 N–H and O–H groups in total. The highest BCUT2D eigenvalue weighted by molar-refractivity contribution is 7.47. The van der Waals surface area contributed by atoms with E-state index in [2.05, 4.69) is 50.3 Å². The minimum atomic E-state index is -4.39. The largest absolute Gasteiger partial charge is 0.472 e. The summed E-state index contributed by atoms with van der Waals surface area (Å²) in [5, 5.41) is 0. The number of carbonyl (C=O) groups excluding carboxylic acids is 2. The highest BCUT2D eigenvalue weighted by Gasteiger charge is 2.27. The number of hydrogen-bond donors (Lipinski definition) is 1. The first-order valence-corrected chi connectivity index (χ1v) is 41.2. The quantitative estimate of drug-likeness (QED) is 0.0211. The number of allylic oxidation sites excluding steroid dienone is 6. The normalized spacial score (nSPS) is 13.2. The first kappa shape index (κ1) is 88.2. The molecule has 532 valence electrons. The Morgan fingerprint density at radius 3 is 0.889 bits per heavy atom. The zero-order valence-electron chi connectivity index (χ0n) is 60.9. The topological polar surface area (TPSA) is 108 Å². The van der Waals surface area contributed by atoms with Gasteiger partial charge in [0.05, 0.1) is 27.7 Å². The van der Waals surface area contributed by atoms with Gasteiger partial charge in [-0.25, -0.2) is 4.57 Å². The Kier molecular flexibility index (Phi) is 70.1. The van der Waals surface area contributed by atoms with Crippen molar-refractivity contribution in [3.8, 4) is 0 Å². The van der Waals surface area contributed by atoms with Crippen molar-refractivity contribution in [3.05, 3.63) is 36.5 Å². The molecule has 0 aliphatic heterocycles. The molecular formula is C80H155NO8P+. The summed E-state index contributed by atoms with van der Waals surface area (Å²) in [5.41, 5.74) is 0. The van der Waals surface area contributed by atoms with Gasteiger partial charge in [-0.1, -0.05) is 384 Å². The van der Waals surface area contributed by atoms with E-state index in [1.54, 1.807) is 0 Å². The second kappa shape index (κ2) is 71.5. The van der Waals surface area contributed by atoms with Gasteiger partial charge in [0.15, 0.2) is 6.10 Å². The van der Waals surface area contributed by atoms with Crippen molar-refractivity contribution in [2.45, 2.75) is 418 Å². The van der Waals surface area contributed by atoms with Crippen LogP contribution in [0.1, 0.15) is 412 Å². The van der Waals surface area contributed by atoms with Crippen LogP contribution in [0.2, 0.25) is 0 Å². The predicted molar refractivity (Wildman–Crippen MR) is 390 cm³/mol. The summed E-state index contributed by atoms with van der Waals surface area (Å²) in [6.45, 7) is 4.49. The summed E-state index contributed by atoms with van der Waals surface area (Å²) in [6, 6.07) is 0. The lowest BCUT2D eigenvalue weighted by molar-refractivity contribution is -0.870. The van der Waals surface area contributed by atoms with Gasteiger partial charge >= 0.3 is 19.8 Å². The van der Waals surface area contributed by atoms with E-state index in [0.29, 0.717) is 23.9 Å². The molecule has 90 heavy (non-hydrogen) atoms. The molecule has 10 heteroatoms. The van der Waals surface area contributed by atoms with Crippen LogP contribution >= 0.6 is 7.82 Å². The molecule has 0 saturated carbocycles. The molecule has 0 radical (unpaired) electrons. The van der Waals surface area contributed by atoms with Gasteiger partial charge < -0.3 is 18.9 Å². The summed E-state index contributed by atoms with van der Waals surface area (Å²) >= 11 is 0. The number of phosphoric ester groups is 1. The van der Waals surface area contributed by atoms with Gasteiger partial charge in [0.1, 0.15) is 19.8 Å². The molecule has 0 aromatic carbocycles. The third-order valence-electron chi connectivity index (χ3n) is 18.2. The number of rotatable bonds is 75. The molecule has 2 unspecified atom stereocenters. The lowest BCUT2D eigenvalue weighted by Crippen LogP contribution is -2.37. The summed E-state index contributed by atoms with van der Waals surface area (Å²) in [5.74, 6) is -0.781. The fourth-order valence-electron chi connectivity index (χ4n) is 12.1. The van der Waals surface area contributed by atoms with E-state index in [0.717, 1.165) is 51.4 Å². The Hall–Kier alpha value is -1.77. The third-order valence-corrected chi connectivity index (χ3v) is 19.2. The first-order chi connectivity index (χ1) is 44.0. The van der Waals surface area contributed by atoms with Gasteiger partial charge in [0.2, 0.25) is 0 Å². The molecule has 2 atom stereocenters. The molecule has 0 amide bonds. The zero-order chi connectivity index (χ0) is 65.5. The highest BCUT2D eigenvalue weighted by atomic mass is 31.2. The van der Waals surface area contributed by atoms with Crippen LogP contribution in [0.25, 0.3) is 0 Å². The molecule has 0 heterocycles. The van der Waals surface area contributed by atoms with Crippen LogP contribution in [0.3, 0.4) is 0 Å². The molecule has 9 nitrogen and oxygen atoms in total. The molecule has 0 rings (SSSR count). The summed E-state index contributed by atoms with van der Waals surface area (Å²) in [6.07, 6.45) is 93.1. The number of quaternary nitrogens is 1. The Morgan fingerprint density at radius 2 is 0.600 bits per heavy atom. The molecule has 0 spiro atoms. The van der Waals surface area contributed by atoms with Crippen molar-refractivity contribution in [1.29, 1.82) is 0 Å². The van der Waals surface area contributed by atoms with Gasteiger partial charge in [-0.2, -0.15) is 0 Å². The molecule has 0 aliphatic rings. The van der Waals surface area contributed by atoms with E-state index in [1.165, 1.54) is 327 Å². The number of likely N-dealkylation sites (N-methyl/N-ethyl adjacent to an activating group) is 1. The minimum Gasteiger partial charge on any atom is -0.462 e. The maximum atomic E-state index is 12.9. The molecule has 0 bridgehead atoms. The number of ether oxygens (including phenoxy) is 2. The number of nitrogens with zero attached hydrogens (tertiary/aromatic N) is 1. The fourth-order valence-corrected chi connectivity index (χ4v) is 12.8. The maximum absolute atomic E-state index is 12.9. The zero-order valence-corrected chi connectivity index (χ0v) is 61.8. The van der Waals surface area contributed by atoms with E-state index < -0.39 is 26.5 Å². The van der Waals surface area contributed by atoms with Crippen LogP contribution in [0.5, 0.6) is 0 Å². The molecule has 0 aromatic rings. The van der Waals surface area contributed by atoms with Gasteiger partial charge in [0.25, 0.3) is 0 Å². The van der Waals surface area contributed by atoms with Crippen molar-refractivity contribution in [2.24, 2.45) is 0 Å². The van der Waals surface area contributed by atoms with Gasteiger partial charge in [0, 0.05) is 12.8 Å². The SMILES string of the molecule is CCCCCCC/C=C\C/C=C\C/C=C\CCCCCCCCCCCCC(=O)OC(COC(=O)CCCCCCCCCCCCCCCCCCCCCCCCCCCCCCCCCCCCCCCCCCC)COP(=O)(O)OCC[N+](C)(C)C. The van der Waals surface area contributed by atoms with Crippen LogP contribution < -0.4 is 0 Å².